The van der Waals surface area contributed by atoms with Gasteiger partial charge in [-0.25, -0.2) is 9.97 Å². The second-order valence-corrected chi connectivity index (χ2v) is 7.39. The van der Waals surface area contributed by atoms with Gasteiger partial charge >= 0.3 is 4.87 Å². The lowest BCUT2D eigenvalue weighted by Gasteiger charge is -2.12. The number of nitrogens with one attached hydrogen (secondary N) is 2. The molecule has 0 aliphatic rings. The lowest BCUT2D eigenvalue weighted by molar-refractivity contribution is 0.415. The van der Waals surface area contributed by atoms with Crippen LogP contribution in [0, 0.1) is 0 Å². The molecule has 5 aromatic rings. The van der Waals surface area contributed by atoms with E-state index in [-0.39, 0.29) is 4.87 Å². The van der Waals surface area contributed by atoms with E-state index in [1.165, 1.54) is 11.3 Å². The molecule has 0 aliphatic heterocycles. The van der Waals surface area contributed by atoms with Crippen molar-refractivity contribution in [1.29, 1.82) is 0 Å². The Hall–Kier alpha value is -3.78. The highest BCUT2D eigenvalue weighted by Crippen LogP contribution is 2.31. The molecule has 0 bridgehead atoms. The maximum atomic E-state index is 11.6. The van der Waals surface area contributed by atoms with Crippen LogP contribution in [0.25, 0.3) is 32.5 Å². The number of pyridine rings is 1. The number of benzene rings is 2. The minimum atomic E-state index is -0.0757. The topological polar surface area (TPSA) is 92.8 Å². The molecule has 0 saturated heterocycles. The van der Waals surface area contributed by atoms with Gasteiger partial charge in [-0.3, -0.25) is 9.78 Å². The molecular weight excluding hydrogens is 386 g/mol. The predicted octanol–water partition coefficient (Wildman–Crippen LogP) is 4.35. The Kier molecular flexibility index (Phi) is 4.18. The number of fused-ring (bicyclic) bond motifs is 2. The highest BCUT2D eigenvalue weighted by atomic mass is 32.1. The normalized spacial score (nSPS) is 11.1. The minimum Gasteiger partial charge on any atom is -0.497 e. The van der Waals surface area contributed by atoms with E-state index in [2.05, 4.69) is 20.3 Å². The lowest BCUT2D eigenvalue weighted by atomic mass is 10.2. The summed E-state index contributed by atoms with van der Waals surface area (Å²) in [5.74, 6) is 1.94. The van der Waals surface area contributed by atoms with Crippen molar-refractivity contribution in [3.63, 3.8) is 0 Å². The Labute approximate surface area is 169 Å². The van der Waals surface area contributed by atoms with E-state index < -0.39 is 0 Å². The van der Waals surface area contributed by atoms with Crippen molar-refractivity contribution in [3.05, 3.63) is 70.6 Å². The number of aromatic amines is 1. The number of aromatic nitrogens is 4. The monoisotopic (exact) mass is 401 g/mol. The summed E-state index contributed by atoms with van der Waals surface area (Å²) in [7, 11) is 1.63. The molecule has 2 aromatic carbocycles. The van der Waals surface area contributed by atoms with Gasteiger partial charge in [0.25, 0.3) is 0 Å². The molecule has 0 unspecified atom stereocenters. The van der Waals surface area contributed by atoms with Gasteiger partial charge in [0.05, 0.1) is 22.8 Å². The summed E-state index contributed by atoms with van der Waals surface area (Å²) >= 11 is 1.17. The van der Waals surface area contributed by atoms with Crippen molar-refractivity contribution < 1.29 is 4.74 Å². The maximum absolute atomic E-state index is 11.6. The third-order valence-electron chi connectivity index (χ3n) is 4.51. The fourth-order valence-corrected chi connectivity index (χ4v) is 3.89. The van der Waals surface area contributed by atoms with Crippen molar-refractivity contribution >= 4 is 44.0 Å². The molecule has 29 heavy (non-hydrogen) atoms. The van der Waals surface area contributed by atoms with Crippen LogP contribution >= 0.6 is 11.3 Å². The molecular formula is C21H15N5O2S. The molecule has 7 nitrogen and oxygen atoms in total. The third kappa shape index (κ3) is 3.30. The zero-order valence-electron chi connectivity index (χ0n) is 15.3. The Morgan fingerprint density at radius 2 is 2.03 bits per heavy atom. The van der Waals surface area contributed by atoms with Crippen LogP contribution in [-0.4, -0.2) is 27.0 Å². The Bertz CT molecular complexity index is 1400. The van der Waals surface area contributed by atoms with E-state index in [4.69, 9.17) is 9.72 Å². The summed E-state index contributed by atoms with van der Waals surface area (Å²) in [6, 6.07) is 15.2. The van der Waals surface area contributed by atoms with Crippen molar-refractivity contribution in [2.45, 2.75) is 0 Å². The smallest absolute Gasteiger partial charge is 0.305 e. The van der Waals surface area contributed by atoms with E-state index in [0.717, 1.165) is 38.1 Å². The molecule has 0 radical (unpaired) electrons. The van der Waals surface area contributed by atoms with Crippen LogP contribution in [0.3, 0.4) is 0 Å². The average molecular weight is 401 g/mol. The number of anilines is 2. The first-order valence-electron chi connectivity index (χ1n) is 8.86. The van der Waals surface area contributed by atoms with Crippen LogP contribution in [0.2, 0.25) is 0 Å². The van der Waals surface area contributed by atoms with Gasteiger partial charge in [0.1, 0.15) is 11.6 Å². The molecule has 0 fully saturated rings. The minimum absolute atomic E-state index is 0.0757. The summed E-state index contributed by atoms with van der Waals surface area (Å²) in [6.45, 7) is 0. The van der Waals surface area contributed by atoms with Crippen LogP contribution in [0.15, 0.2) is 65.7 Å². The van der Waals surface area contributed by atoms with Crippen molar-refractivity contribution in [2.75, 3.05) is 12.4 Å². The fourth-order valence-electron chi connectivity index (χ4n) is 3.11. The molecule has 0 aliphatic carbocycles. The van der Waals surface area contributed by atoms with Gasteiger partial charge in [-0.05, 0) is 48.5 Å². The van der Waals surface area contributed by atoms with Gasteiger partial charge in [-0.1, -0.05) is 11.3 Å². The molecule has 3 heterocycles. The van der Waals surface area contributed by atoms with E-state index in [0.29, 0.717) is 11.6 Å². The Morgan fingerprint density at radius 3 is 2.86 bits per heavy atom. The Morgan fingerprint density at radius 1 is 1.10 bits per heavy atom. The fraction of sp³-hybridized carbons (Fsp3) is 0.0476. The quantitative estimate of drug-likeness (QED) is 0.465. The summed E-state index contributed by atoms with van der Waals surface area (Å²) in [6.07, 6.45) is 3.45. The average Bonchev–Trinajstić information content (AvgIpc) is 3.13. The van der Waals surface area contributed by atoms with Gasteiger partial charge in [-0.2, -0.15) is 0 Å². The predicted molar refractivity (Wildman–Crippen MR) is 115 cm³/mol. The molecule has 0 spiro atoms. The number of nitrogens with zero attached hydrogens (tertiary/aromatic N) is 3. The number of H-pyrrole nitrogens is 1. The summed E-state index contributed by atoms with van der Waals surface area (Å²) in [5, 5.41) is 4.21. The summed E-state index contributed by atoms with van der Waals surface area (Å²) in [4.78, 5) is 27.9. The standard InChI is InChI=1S/C21H15N5O2S/c1-28-14-5-7-16-15(10-14)20(26-19(24-16)12-3-2-8-22-11-12)23-13-4-6-17-18(9-13)29-21(27)25-17/h2-11H,1H3,(H,25,27)(H,23,24,26). The third-order valence-corrected chi connectivity index (χ3v) is 5.35. The largest absolute Gasteiger partial charge is 0.497 e. The zero-order chi connectivity index (χ0) is 19.8. The molecule has 8 heteroatoms. The van der Waals surface area contributed by atoms with Crippen LogP contribution in [-0.2, 0) is 0 Å². The first-order chi connectivity index (χ1) is 14.2. The van der Waals surface area contributed by atoms with Crippen molar-refractivity contribution in [1.82, 2.24) is 19.9 Å². The lowest BCUT2D eigenvalue weighted by Crippen LogP contribution is -2.00. The SMILES string of the molecule is COc1ccc2nc(-c3cccnc3)nc(Nc3ccc4[nH]c(=O)sc4c3)c2c1. The summed E-state index contributed by atoms with van der Waals surface area (Å²) in [5.41, 5.74) is 3.26. The second kappa shape index (κ2) is 6.99. The zero-order valence-corrected chi connectivity index (χ0v) is 16.2. The molecule has 2 N–H and O–H groups in total. The number of ether oxygens (including phenoxy) is 1. The first-order valence-corrected chi connectivity index (χ1v) is 9.67. The van der Waals surface area contributed by atoms with Crippen LogP contribution in [0.5, 0.6) is 5.75 Å². The van der Waals surface area contributed by atoms with Gasteiger partial charge in [0.2, 0.25) is 0 Å². The van der Waals surface area contributed by atoms with Crippen molar-refractivity contribution in [3.8, 4) is 17.1 Å². The first kappa shape index (κ1) is 17.3. The summed E-state index contributed by atoms with van der Waals surface area (Å²) < 4.78 is 6.25. The van der Waals surface area contributed by atoms with E-state index in [9.17, 15) is 4.79 Å². The Balaban J connectivity index is 1.67. The highest BCUT2D eigenvalue weighted by molar-refractivity contribution is 7.16. The van der Waals surface area contributed by atoms with Gasteiger partial charge in [0.15, 0.2) is 5.82 Å². The number of thiazole rings is 1. The van der Waals surface area contributed by atoms with E-state index in [1.807, 2.05) is 48.5 Å². The number of hydrogen-bond donors (Lipinski definition) is 2. The number of hydrogen-bond acceptors (Lipinski definition) is 7. The number of rotatable bonds is 4. The molecule has 142 valence electrons. The van der Waals surface area contributed by atoms with Crippen LogP contribution in [0.1, 0.15) is 0 Å². The number of methoxy groups -OCH3 is 1. The molecule has 0 amide bonds. The van der Waals surface area contributed by atoms with Gasteiger partial charge < -0.3 is 15.0 Å². The maximum Gasteiger partial charge on any atom is 0.305 e. The van der Waals surface area contributed by atoms with Crippen LogP contribution in [0.4, 0.5) is 11.5 Å². The van der Waals surface area contributed by atoms with Gasteiger partial charge in [0, 0.05) is 29.0 Å². The second-order valence-electron chi connectivity index (χ2n) is 6.37. The molecule has 0 saturated carbocycles. The van der Waals surface area contributed by atoms with Crippen LogP contribution < -0.4 is 14.9 Å². The molecule has 3 aromatic heterocycles. The van der Waals surface area contributed by atoms with E-state index >= 15 is 0 Å². The van der Waals surface area contributed by atoms with Gasteiger partial charge in [-0.15, -0.1) is 0 Å². The van der Waals surface area contributed by atoms with Crippen molar-refractivity contribution in [2.24, 2.45) is 0 Å². The molecule has 5 rings (SSSR count). The molecule has 0 atom stereocenters. The van der Waals surface area contributed by atoms with E-state index in [1.54, 1.807) is 19.5 Å². The highest BCUT2D eigenvalue weighted by Gasteiger charge is 2.12.